The fourth-order valence-corrected chi connectivity index (χ4v) is 2.07. The van der Waals surface area contributed by atoms with E-state index in [9.17, 15) is 9.59 Å². The molecule has 2 aromatic rings. The number of fused-ring (bicyclic) bond motifs is 1. The normalized spacial score (nSPS) is 14.1. The number of methoxy groups -OCH3 is 1. The average Bonchev–Trinajstić information content (AvgIpc) is 2.54. The number of allylic oxidation sites excluding steroid dienone is 2. The second-order valence-corrected chi connectivity index (χ2v) is 4.29. The van der Waals surface area contributed by atoms with Crippen LogP contribution in [0.2, 0.25) is 0 Å². The Balaban J connectivity index is 2.15. The lowest BCUT2D eigenvalue weighted by atomic mass is 9.95. The number of ether oxygens (including phenoxy) is 1. The third-order valence-corrected chi connectivity index (χ3v) is 3.08. The number of nitrogens with two attached hydrogens (primary N) is 1. The fraction of sp³-hybridized carbons (Fsp3) is 0.0714. The van der Waals surface area contributed by atoms with E-state index >= 15 is 0 Å². The number of hydrogen-bond acceptors (Lipinski definition) is 7. The van der Waals surface area contributed by atoms with E-state index in [0.29, 0.717) is 11.4 Å². The molecule has 7 heteroatoms. The van der Waals surface area contributed by atoms with Crippen LogP contribution in [0.15, 0.2) is 42.2 Å². The Morgan fingerprint density at radius 1 is 1.10 bits per heavy atom. The minimum Gasteiger partial charge on any atom is -0.491 e. The summed E-state index contributed by atoms with van der Waals surface area (Å²) in [5.74, 6) is -1.14. The number of rotatable bonds is 2. The molecule has 21 heavy (non-hydrogen) atoms. The van der Waals surface area contributed by atoms with Gasteiger partial charge in [0.05, 0.1) is 24.6 Å². The van der Waals surface area contributed by atoms with E-state index < -0.39 is 11.6 Å². The lowest BCUT2D eigenvalue weighted by Gasteiger charge is -2.17. The number of Topliss-reactive ketones (excluding diaryl/α,β-unsaturated/α-hetero) is 2. The highest BCUT2D eigenvalue weighted by molar-refractivity contribution is 6.25. The van der Waals surface area contributed by atoms with Gasteiger partial charge in [-0.05, 0) is 12.1 Å². The summed E-state index contributed by atoms with van der Waals surface area (Å²) in [5, 5.41) is 0. The van der Waals surface area contributed by atoms with E-state index in [4.69, 9.17) is 10.5 Å². The van der Waals surface area contributed by atoms with Crippen molar-refractivity contribution in [3.63, 3.8) is 0 Å². The molecule has 0 saturated carbocycles. The molecular formula is C14H10N4O3. The van der Waals surface area contributed by atoms with Gasteiger partial charge >= 0.3 is 0 Å². The summed E-state index contributed by atoms with van der Waals surface area (Å²) in [7, 11) is 1.29. The van der Waals surface area contributed by atoms with E-state index in [0.717, 1.165) is 0 Å². The molecular weight excluding hydrogens is 272 g/mol. The van der Waals surface area contributed by atoms with Crippen molar-refractivity contribution in [2.24, 2.45) is 5.73 Å². The molecule has 0 atom stereocenters. The van der Waals surface area contributed by atoms with Crippen molar-refractivity contribution in [2.45, 2.75) is 0 Å². The minimum absolute atomic E-state index is 0.00135. The summed E-state index contributed by atoms with van der Waals surface area (Å²) in [6.45, 7) is 0. The first-order valence-electron chi connectivity index (χ1n) is 6.04. The van der Waals surface area contributed by atoms with Crippen molar-refractivity contribution in [3.8, 4) is 11.4 Å². The second kappa shape index (κ2) is 4.78. The van der Waals surface area contributed by atoms with Gasteiger partial charge in [0.1, 0.15) is 17.1 Å². The highest BCUT2D eigenvalue weighted by Crippen LogP contribution is 2.25. The van der Waals surface area contributed by atoms with Crippen LogP contribution in [0.3, 0.4) is 0 Å². The molecule has 0 bridgehead atoms. The Labute approximate surface area is 119 Å². The maximum atomic E-state index is 12.2. The highest BCUT2D eigenvalue weighted by Gasteiger charge is 2.33. The van der Waals surface area contributed by atoms with Crippen LogP contribution in [0, 0.1) is 0 Å². The molecule has 2 aromatic heterocycles. The van der Waals surface area contributed by atoms with E-state index in [1.165, 1.54) is 31.8 Å². The Bertz CT molecular complexity index is 784. The average molecular weight is 282 g/mol. The molecule has 3 rings (SSSR count). The van der Waals surface area contributed by atoms with Crippen LogP contribution in [-0.2, 0) is 4.74 Å². The van der Waals surface area contributed by atoms with Gasteiger partial charge < -0.3 is 10.5 Å². The van der Waals surface area contributed by atoms with Gasteiger partial charge in [-0.3, -0.25) is 19.6 Å². The monoisotopic (exact) mass is 282 g/mol. The van der Waals surface area contributed by atoms with Crippen molar-refractivity contribution < 1.29 is 14.3 Å². The number of aromatic nitrogens is 3. The zero-order chi connectivity index (χ0) is 15.0. The molecule has 0 spiro atoms. The standard InChI is InChI=1S/C14H10N4O3/c1-21-14-10(15)13(20)11-7(12(14)19)2-3-8(18-11)9-6-16-4-5-17-9/h2-6H,15H2,1H3. The van der Waals surface area contributed by atoms with Gasteiger partial charge in [0.15, 0.2) is 5.76 Å². The molecule has 0 radical (unpaired) electrons. The highest BCUT2D eigenvalue weighted by atomic mass is 16.5. The lowest BCUT2D eigenvalue weighted by Crippen LogP contribution is -2.28. The number of nitrogens with zero attached hydrogens (tertiary/aromatic N) is 3. The molecule has 1 aliphatic carbocycles. The Hall–Kier alpha value is -3.09. The molecule has 0 aliphatic heterocycles. The van der Waals surface area contributed by atoms with Crippen LogP contribution in [0.4, 0.5) is 0 Å². The van der Waals surface area contributed by atoms with Crippen LogP contribution in [0.5, 0.6) is 0 Å². The lowest BCUT2D eigenvalue weighted by molar-refractivity contribution is 0.0902. The summed E-state index contributed by atoms with van der Waals surface area (Å²) in [6, 6.07) is 3.11. The summed E-state index contributed by atoms with van der Waals surface area (Å²) in [4.78, 5) is 36.6. The molecule has 2 N–H and O–H groups in total. The van der Waals surface area contributed by atoms with Crippen molar-refractivity contribution in [1.82, 2.24) is 15.0 Å². The molecule has 0 amide bonds. The Morgan fingerprint density at radius 3 is 2.57 bits per heavy atom. The van der Waals surface area contributed by atoms with Crippen LogP contribution >= 0.6 is 0 Å². The number of carbonyl (C=O) groups is 2. The predicted octanol–water partition coefficient (Wildman–Crippen LogP) is 0.734. The van der Waals surface area contributed by atoms with Gasteiger partial charge in [0, 0.05) is 12.4 Å². The molecule has 2 heterocycles. The zero-order valence-electron chi connectivity index (χ0n) is 11.0. The first-order valence-corrected chi connectivity index (χ1v) is 6.04. The van der Waals surface area contributed by atoms with Gasteiger partial charge in [-0.25, -0.2) is 4.98 Å². The van der Waals surface area contributed by atoms with E-state index in [-0.39, 0.29) is 22.7 Å². The Kier molecular flexibility index (Phi) is 2.94. The smallest absolute Gasteiger partial charge is 0.232 e. The fourth-order valence-electron chi connectivity index (χ4n) is 2.07. The number of hydrogen-bond donors (Lipinski definition) is 1. The van der Waals surface area contributed by atoms with Crippen molar-refractivity contribution in [2.75, 3.05) is 7.11 Å². The number of carbonyl (C=O) groups excluding carboxylic acids is 2. The quantitative estimate of drug-likeness (QED) is 0.865. The molecule has 104 valence electrons. The van der Waals surface area contributed by atoms with Crippen molar-refractivity contribution in [3.05, 3.63) is 53.4 Å². The molecule has 1 aliphatic rings. The van der Waals surface area contributed by atoms with Crippen molar-refractivity contribution in [1.29, 1.82) is 0 Å². The maximum absolute atomic E-state index is 12.2. The van der Waals surface area contributed by atoms with Gasteiger partial charge in [-0.15, -0.1) is 0 Å². The summed E-state index contributed by atoms with van der Waals surface area (Å²) in [6.07, 6.45) is 4.56. The van der Waals surface area contributed by atoms with Gasteiger partial charge in [0.25, 0.3) is 0 Å². The SMILES string of the molecule is COC1=C(N)C(=O)c2nc(-c3cnccn3)ccc2C1=O. The molecule has 0 saturated heterocycles. The largest absolute Gasteiger partial charge is 0.491 e. The molecule has 0 aromatic carbocycles. The molecule has 0 unspecified atom stereocenters. The van der Waals surface area contributed by atoms with Crippen LogP contribution in [-0.4, -0.2) is 33.6 Å². The summed E-state index contributed by atoms with van der Waals surface area (Å²) >= 11 is 0. The third-order valence-electron chi connectivity index (χ3n) is 3.08. The van der Waals surface area contributed by atoms with E-state index in [2.05, 4.69) is 15.0 Å². The third kappa shape index (κ3) is 1.95. The topological polar surface area (TPSA) is 108 Å². The van der Waals surface area contributed by atoms with Crippen LogP contribution in [0.1, 0.15) is 20.8 Å². The zero-order valence-corrected chi connectivity index (χ0v) is 11.0. The first-order chi connectivity index (χ1) is 10.1. The van der Waals surface area contributed by atoms with E-state index in [1.807, 2.05) is 0 Å². The van der Waals surface area contributed by atoms with Crippen molar-refractivity contribution >= 4 is 11.6 Å². The number of ketones is 2. The summed E-state index contributed by atoms with van der Waals surface area (Å²) < 4.78 is 4.89. The van der Waals surface area contributed by atoms with Gasteiger partial charge in [-0.1, -0.05) is 0 Å². The number of pyridine rings is 1. The maximum Gasteiger partial charge on any atom is 0.232 e. The molecule has 0 fully saturated rings. The van der Waals surface area contributed by atoms with Gasteiger partial charge in [0.2, 0.25) is 11.6 Å². The second-order valence-electron chi connectivity index (χ2n) is 4.29. The van der Waals surface area contributed by atoms with Gasteiger partial charge in [-0.2, -0.15) is 0 Å². The van der Waals surface area contributed by atoms with Crippen LogP contribution < -0.4 is 5.73 Å². The van der Waals surface area contributed by atoms with Crippen LogP contribution in [0.25, 0.3) is 11.4 Å². The first kappa shape index (κ1) is 12.9. The minimum atomic E-state index is -0.535. The van der Waals surface area contributed by atoms with E-state index in [1.54, 1.807) is 6.07 Å². The Morgan fingerprint density at radius 2 is 1.90 bits per heavy atom. The molecule has 7 nitrogen and oxygen atoms in total. The predicted molar refractivity (Wildman–Crippen MR) is 72.1 cm³/mol. The summed E-state index contributed by atoms with van der Waals surface area (Å²) in [5.41, 5.74) is 6.51.